The van der Waals surface area contributed by atoms with Gasteiger partial charge in [-0.2, -0.15) is 11.8 Å². The summed E-state index contributed by atoms with van der Waals surface area (Å²) in [6.45, 7) is 2.59. The fourth-order valence-electron chi connectivity index (χ4n) is 1.39. The van der Waals surface area contributed by atoms with Crippen molar-refractivity contribution in [2.75, 3.05) is 18.1 Å². The summed E-state index contributed by atoms with van der Waals surface area (Å²) in [6, 6.07) is 0.165. The third-order valence-electron chi connectivity index (χ3n) is 2.42. The molecule has 1 fully saturated rings. The molecule has 2 atom stereocenters. The van der Waals surface area contributed by atoms with E-state index in [2.05, 4.69) is 5.32 Å². The van der Waals surface area contributed by atoms with Crippen LogP contribution in [0.5, 0.6) is 0 Å². The Labute approximate surface area is 83.8 Å². The zero-order valence-electron chi connectivity index (χ0n) is 8.08. The van der Waals surface area contributed by atoms with E-state index in [4.69, 9.17) is 5.73 Å². The van der Waals surface area contributed by atoms with Crippen LogP contribution in [0.1, 0.15) is 19.8 Å². The summed E-state index contributed by atoms with van der Waals surface area (Å²) < 4.78 is 0. The molecule has 76 valence electrons. The number of carbonyl (C=O) groups is 1. The van der Waals surface area contributed by atoms with Gasteiger partial charge in [-0.25, -0.2) is 0 Å². The van der Waals surface area contributed by atoms with Crippen molar-refractivity contribution < 1.29 is 4.79 Å². The van der Waals surface area contributed by atoms with E-state index in [0.717, 1.165) is 24.3 Å². The highest BCUT2D eigenvalue weighted by Crippen LogP contribution is 2.23. The Bertz CT molecular complexity index is 165. The van der Waals surface area contributed by atoms with Crippen molar-refractivity contribution in [2.45, 2.75) is 25.8 Å². The van der Waals surface area contributed by atoms with Crippen molar-refractivity contribution in [3.63, 3.8) is 0 Å². The van der Waals surface area contributed by atoms with Gasteiger partial charge in [-0.15, -0.1) is 0 Å². The molecule has 0 bridgehead atoms. The second-order valence-corrected chi connectivity index (χ2v) is 4.56. The van der Waals surface area contributed by atoms with Crippen molar-refractivity contribution in [3.05, 3.63) is 0 Å². The van der Waals surface area contributed by atoms with Crippen LogP contribution >= 0.6 is 11.8 Å². The maximum absolute atomic E-state index is 11.6. The molecule has 0 saturated carbocycles. The molecule has 3 N–H and O–H groups in total. The van der Waals surface area contributed by atoms with E-state index in [0.29, 0.717) is 6.54 Å². The first-order chi connectivity index (χ1) is 6.27. The topological polar surface area (TPSA) is 55.1 Å². The Morgan fingerprint density at radius 2 is 2.54 bits per heavy atom. The molecule has 1 saturated heterocycles. The highest BCUT2D eigenvalue weighted by Gasteiger charge is 2.24. The van der Waals surface area contributed by atoms with Gasteiger partial charge in [0.2, 0.25) is 5.91 Å². The molecule has 0 aromatic rings. The van der Waals surface area contributed by atoms with Crippen molar-refractivity contribution in [2.24, 2.45) is 11.7 Å². The summed E-state index contributed by atoms with van der Waals surface area (Å²) >= 11 is 1.86. The highest BCUT2D eigenvalue weighted by molar-refractivity contribution is 7.99. The normalized spacial score (nSPS) is 24.3. The molecule has 1 rings (SSSR count). The Balaban J connectivity index is 2.30. The number of hydrogen-bond donors (Lipinski definition) is 2. The van der Waals surface area contributed by atoms with Crippen molar-refractivity contribution >= 4 is 17.7 Å². The fraction of sp³-hybridized carbons (Fsp3) is 0.889. The molecule has 13 heavy (non-hydrogen) atoms. The van der Waals surface area contributed by atoms with Crippen LogP contribution < -0.4 is 11.1 Å². The maximum atomic E-state index is 11.6. The number of nitrogens with two attached hydrogens (primary N) is 1. The molecular weight excluding hydrogens is 184 g/mol. The van der Waals surface area contributed by atoms with Crippen LogP contribution in [0.2, 0.25) is 0 Å². The predicted octanol–water partition coefficient (Wildman–Crippen LogP) is 0.593. The first kappa shape index (κ1) is 10.9. The largest absolute Gasteiger partial charge is 0.352 e. The molecule has 4 heteroatoms. The van der Waals surface area contributed by atoms with E-state index in [1.807, 2.05) is 18.7 Å². The standard InChI is InChI=1S/C9H18N2OS/c1-2-8(5-10)11-9(12)7-3-4-13-6-7/h7-8H,2-6,10H2,1H3,(H,11,12). The second kappa shape index (κ2) is 5.50. The Morgan fingerprint density at radius 3 is 3.00 bits per heavy atom. The summed E-state index contributed by atoms with van der Waals surface area (Å²) in [6.07, 6.45) is 1.94. The van der Waals surface area contributed by atoms with E-state index >= 15 is 0 Å². The summed E-state index contributed by atoms with van der Waals surface area (Å²) in [4.78, 5) is 11.6. The lowest BCUT2D eigenvalue weighted by molar-refractivity contribution is -0.124. The minimum absolute atomic E-state index is 0.165. The quantitative estimate of drug-likeness (QED) is 0.701. The van der Waals surface area contributed by atoms with Gasteiger partial charge in [0.05, 0.1) is 0 Å². The minimum Gasteiger partial charge on any atom is -0.352 e. The monoisotopic (exact) mass is 202 g/mol. The van der Waals surface area contributed by atoms with Gasteiger partial charge in [-0.05, 0) is 18.6 Å². The predicted molar refractivity (Wildman–Crippen MR) is 56.7 cm³/mol. The SMILES string of the molecule is CCC(CN)NC(=O)C1CCSC1. The van der Waals surface area contributed by atoms with Crippen molar-refractivity contribution in [1.82, 2.24) is 5.32 Å². The van der Waals surface area contributed by atoms with E-state index in [9.17, 15) is 4.79 Å². The molecule has 0 spiro atoms. The van der Waals surface area contributed by atoms with Crippen LogP contribution in [0, 0.1) is 5.92 Å². The molecule has 1 aliphatic rings. The van der Waals surface area contributed by atoms with Gasteiger partial charge in [0.1, 0.15) is 0 Å². The second-order valence-electron chi connectivity index (χ2n) is 3.41. The third-order valence-corrected chi connectivity index (χ3v) is 3.59. The van der Waals surface area contributed by atoms with E-state index in [-0.39, 0.29) is 17.9 Å². The molecule has 0 aromatic carbocycles. The molecule has 1 heterocycles. The van der Waals surface area contributed by atoms with E-state index in [1.165, 1.54) is 0 Å². The lowest BCUT2D eigenvalue weighted by atomic mass is 10.1. The minimum atomic E-state index is 0.165. The number of rotatable bonds is 4. The van der Waals surface area contributed by atoms with Crippen LogP contribution in [-0.2, 0) is 4.79 Å². The average Bonchev–Trinajstić information content (AvgIpc) is 2.66. The Morgan fingerprint density at radius 1 is 1.77 bits per heavy atom. The number of hydrogen-bond acceptors (Lipinski definition) is 3. The van der Waals surface area contributed by atoms with Gasteiger partial charge in [0, 0.05) is 24.3 Å². The molecule has 3 nitrogen and oxygen atoms in total. The molecule has 1 amide bonds. The Kier molecular flexibility index (Phi) is 4.59. The average molecular weight is 202 g/mol. The van der Waals surface area contributed by atoms with Gasteiger partial charge in [-0.1, -0.05) is 6.92 Å². The third kappa shape index (κ3) is 3.19. The first-order valence-corrected chi connectivity index (χ1v) is 6.01. The number of thioether (sulfide) groups is 1. The Hall–Kier alpha value is -0.220. The highest BCUT2D eigenvalue weighted by atomic mass is 32.2. The molecular formula is C9H18N2OS. The zero-order chi connectivity index (χ0) is 9.68. The lowest BCUT2D eigenvalue weighted by Crippen LogP contribution is -2.42. The molecule has 1 aliphatic heterocycles. The summed E-state index contributed by atoms with van der Waals surface area (Å²) in [5.74, 6) is 2.53. The van der Waals surface area contributed by atoms with Crippen molar-refractivity contribution in [1.29, 1.82) is 0 Å². The van der Waals surface area contributed by atoms with Crippen LogP contribution in [0.15, 0.2) is 0 Å². The number of nitrogens with one attached hydrogen (secondary N) is 1. The maximum Gasteiger partial charge on any atom is 0.224 e. The zero-order valence-corrected chi connectivity index (χ0v) is 8.90. The summed E-state index contributed by atoms with van der Waals surface area (Å²) in [5, 5.41) is 2.98. The van der Waals surface area contributed by atoms with Crippen LogP contribution in [0.3, 0.4) is 0 Å². The van der Waals surface area contributed by atoms with Crippen LogP contribution in [0.4, 0.5) is 0 Å². The van der Waals surface area contributed by atoms with E-state index < -0.39 is 0 Å². The van der Waals surface area contributed by atoms with Gasteiger partial charge >= 0.3 is 0 Å². The first-order valence-electron chi connectivity index (χ1n) is 4.86. The molecule has 2 unspecified atom stereocenters. The number of carbonyl (C=O) groups excluding carboxylic acids is 1. The summed E-state index contributed by atoms with van der Waals surface area (Å²) in [7, 11) is 0. The van der Waals surface area contributed by atoms with Crippen LogP contribution in [-0.4, -0.2) is 30.0 Å². The van der Waals surface area contributed by atoms with Gasteiger partial charge in [-0.3, -0.25) is 4.79 Å². The molecule has 0 radical (unpaired) electrons. The smallest absolute Gasteiger partial charge is 0.224 e. The van der Waals surface area contributed by atoms with Crippen molar-refractivity contribution in [3.8, 4) is 0 Å². The molecule has 0 aromatic heterocycles. The van der Waals surface area contributed by atoms with Gasteiger partial charge < -0.3 is 11.1 Å². The van der Waals surface area contributed by atoms with Crippen LogP contribution in [0.25, 0.3) is 0 Å². The van der Waals surface area contributed by atoms with Gasteiger partial charge in [0.25, 0.3) is 0 Å². The number of amides is 1. The van der Waals surface area contributed by atoms with Gasteiger partial charge in [0.15, 0.2) is 0 Å². The fourth-order valence-corrected chi connectivity index (χ4v) is 2.61. The lowest BCUT2D eigenvalue weighted by Gasteiger charge is -2.17. The van der Waals surface area contributed by atoms with E-state index in [1.54, 1.807) is 0 Å². The summed E-state index contributed by atoms with van der Waals surface area (Å²) in [5.41, 5.74) is 5.51. The molecule has 0 aliphatic carbocycles.